The molecular weight excluding hydrogens is 349 g/mol. The average Bonchev–Trinajstić information content (AvgIpc) is 2.78. The topological polar surface area (TPSA) is 58.4 Å². The number of rotatable bonds is 6. The number of carbonyl (C=O) groups excluding carboxylic acids is 1. The van der Waals surface area contributed by atoms with Crippen LogP contribution in [0, 0.1) is 13.8 Å². The third-order valence-corrected chi connectivity index (χ3v) is 4.39. The Morgan fingerprint density at radius 2 is 2.08 bits per heavy atom. The average molecular weight is 370 g/mol. The van der Waals surface area contributed by atoms with Crippen LogP contribution in [0.25, 0.3) is 0 Å². The molecule has 1 heterocycles. The monoisotopic (exact) mass is 369 g/mol. The highest BCUT2D eigenvalue weighted by atomic mass is 35.5. The van der Waals surface area contributed by atoms with Gasteiger partial charge in [0.15, 0.2) is 0 Å². The predicted molar refractivity (Wildman–Crippen MR) is 95.3 cm³/mol. The molecule has 0 bridgehead atoms. The van der Waals surface area contributed by atoms with Gasteiger partial charge in [-0.05, 0) is 45.5 Å². The van der Waals surface area contributed by atoms with Crippen LogP contribution in [0.2, 0.25) is 10.0 Å². The summed E-state index contributed by atoms with van der Waals surface area (Å²) in [7, 11) is 1.88. The fraction of sp³-hybridized carbons (Fsp3) is 0.412. The lowest BCUT2D eigenvalue weighted by Crippen LogP contribution is -2.36. The first-order chi connectivity index (χ1) is 11.3. The highest BCUT2D eigenvalue weighted by Crippen LogP contribution is 2.26. The minimum Gasteiger partial charge on any atom is -0.361 e. The molecule has 24 heavy (non-hydrogen) atoms. The van der Waals surface area contributed by atoms with Crippen molar-refractivity contribution in [2.24, 2.45) is 0 Å². The second-order valence-corrected chi connectivity index (χ2v) is 6.77. The van der Waals surface area contributed by atoms with E-state index in [-0.39, 0.29) is 18.5 Å². The van der Waals surface area contributed by atoms with E-state index >= 15 is 0 Å². The highest BCUT2D eigenvalue weighted by molar-refractivity contribution is 6.35. The molecule has 1 amide bonds. The van der Waals surface area contributed by atoms with Crippen molar-refractivity contribution in [3.05, 3.63) is 50.8 Å². The summed E-state index contributed by atoms with van der Waals surface area (Å²) in [5.74, 6) is 0.698. The molecule has 1 aromatic heterocycles. The zero-order valence-corrected chi connectivity index (χ0v) is 15.7. The lowest BCUT2D eigenvalue weighted by molar-refractivity contribution is -0.122. The minimum atomic E-state index is -0.199. The lowest BCUT2D eigenvalue weighted by Gasteiger charge is -2.20. The van der Waals surface area contributed by atoms with Crippen LogP contribution in [0.1, 0.15) is 35.5 Å². The first-order valence-corrected chi connectivity index (χ1v) is 8.38. The van der Waals surface area contributed by atoms with Gasteiger partial charge < -0.3 is 9.84 Å². The van der Waals surface area contributed by atoms with Crippen molar-refractivity contribution in [3.63, 3.8) is 0 Å². The maximum atomic E-state index is 12.3. The van der Waals surface area contributed by atoms with Crippen molar-refractivity contribution in [1.82, 2.24) is 15.4 Å². The third-order valence-electron chi connectivity index (χ3n) is 3.83. The number of halogens is 2. The number of amides is 1. The molecule has 2 aromatic rings. The van der Waals surface area contributed by atoms with Crippen molar-refractivity contribution in [3.8, 4) is 0 Å². The van der Waals surface area contributed by atoms with Gasteiger partial charge in [0.25, 0.3) is 0 Å². The number of aromatic nitrogens is 1. The van der Waals surface area contributed by atoms with Crippen molar-refractivity contribution in [1.29, 1.82) is 0 Å². The summed E-state index contributed by atoms with van der Waals surface area (Å²) >= 11 is 12.1. The highest BCUT2D eigenvalue weighted by Gasteiger charge is 2.16. The Labute approximate surface area is 151 Å². The standard InChI is InChI=1S/C17H21Cl2N3O2/c1-10(14-6-5-13(18)7-16(14)19)20-17(23)9-22(4)8-15-11(2)21-24-12(15)3/h5-7,10H,8-9H2,1-4H3,(H,20,23). The number of likely N-dealkylation sites (N-methyl/N-ethyl adjacent to an activating group) is 1. The van der Waals surface area contributed by atoms with Crippen LogP contribution >= 0.6 is 23.2 Å². The van der Waals surface area contributed by atoms with Gasteiger partial charge in [0.05, 0.1) is 18.3 Å². The Hall–Kier alpha value is -1.56. The molecule has 5 nitrogen and oxygen atoms in total. The first kappa shape index (κ1) is 18.8. The zero-order chi connectivity index (χ0) is 17.9. The maximum absolute atomic E-state index is 12.3. The van der Waals surface area contributed by atoms with Gasteiger partial charge in [-0.3, -0.25) is 9.69 Å². The maximum Gasteiger partial charge on any atom is 0.234 e. The van der Waals surface area contributed by atoms with Crippen molar-refractivity contribution in [2.75, 3.05) is 13.6 Å². The van der Waals surface area contributed by atoms with Gasteiger partial charge >= 0.3 is 0 Å². The van der Waals surface area contributed by atoms with Gasteiger partial charge in [-0.25, -0.2) is 0 Å². The van der Waals surface area contributed by atoms with E-state index in [1.165, 1.54) is 0 Å². The van der Waals surface area contributed by atoms with E-state index in [1.54, 1.807) is 12.1 Å². The Kier molecular flexibility index (Phi) is 6.27. The third kappa shape index (κ3) is 4.72. The summed E-state index contributed by atoms with van der Waals surface area (Å²) in [6, 6.07) is 5.05. The molecule has 0 aliphatic rings. The molecule has 0 aliphatic heterocycles. The van der Waals surface area contributed by atoms with Gasteiger partial charge in [-0.1, -0.05) is 34.4 Å². The van der Waals surface area contributed by atoms with E-state index in [4.69, 9.17) is 27.7 Å². The number of benzene rings is 1. The van der Waals surface area contributed by atoms with Crippen molar-refractivity contribution in [2.45, 2.75) is 33.4 Å². The Balaban J connectivity index is 1.92. The zero-order valence-electron chi connectivity index (χ0n) is 14.2. The molecule has 0 radical (unpaired) electrons. The molecule has 0 saturated heterocycles. The molecule has 2 rings (SSSR count). The fourth-order valence-electron chi connectivity index (χ4n) is 2.52. The smallest absolute Gasteiger partial charge is 0.234 e. The normalized spacial score (nSPS) is 12.5. The number of aryl methyl sites for hydroxylation is 2. The van der Waals surface area contributed by atoms with E-state index in [0.717, 1.165) is 22.6 Å². The quantitative estimate of drug-likeness (QED) is 0.838. The molecule has 0 aliphatic carbocycles. The van der Waals surface area contributed by atoms with Gasteiger partial charge in [-0.15, -0.1) is 0 Å². The van der Waals surface area contributed by atoms with E-state index in [9.17, 15) is 4.79 Å². The van der Waals surface area contributed by atoms with Gasteiger partial charge in [-0.2, -0.15) is 0 Å². The van der Waals surface area contributed by atoms with Crippen LogP contribution in [0.5, 0.6) is 0 Å². The molecule has 1 unspecified atom stereocenters. The second-order valence-electron chi connectivity index (χ2n) is 5.93. The molecule has 1 N–H and O–H groups in total. The molecule has 7 heteroatoms. The summed E-state index contributed by atoms with van der Waals surface area (Å²) in [5, 5.41) is 7.99. The van der Waals surface area contributed by atoms with Gasteiger partial charge in [0.1, 0.15) is 5.76 Å². The molecular formula is C17H21Cl2N3O2. The van der Waals surface area contributed by atoms with Crippen LogP contribution in [-0.2, 0) is 11.3 Å². The Morgan fingerprint density at radius 3 is 2.67 bits per heavy atom. The number of hydrogen-bond acceptors (Lipinski definition) is 4. The number of hydrogen-bond donors (Lipinski definition) is 1. The van der Waals surface area contributed by atoms with Crippen LogP contribution < -0.4 is 5.32 Å². The number of carbonyl (C=O) groups is 1. The molecule has 130 valence electrons. The largest absolute Gasteiger partial charge is 0.361 e. The van der Waals surface area contributed by atoms with Crippen LogP contribution in [0.4, 0.5) is 0 Å². The summed E-state index contributed by atoms with van der Waals surface area (Å²) in [6.45, 7) is 6.52. The lowest BCUT2D eigenvalue weighted by atomic mass is 10.1. The molecule has 0 spiro atoms. The Morgan fingerprint density at radius 1 is 1.38 bits per heavy atom. The molecule has 1 aromatic carbocycles. The summed E-state index contributed by atoms with van der Waals surface area (Å²) in [6.07, 6.45) is 0. The van der Waals surface area contributed by atoms with E-state index < -0.39 is 0 Å². The molecule has 1 atom stereocenters. The van der Waals surface area contributed by atoms with Crippen LogP contribution in [0.15, 0.2) is 22.7 Å². The van der Waals surface area contributed by atoms with E-state index in [2.05, 4.69) is 10.5 Å². The van der Waals surface area contributed by atoms with Crippen molar-refractivity contribution < 1.29 is 9.32 Å². The first-order valence-electron chi connectivity index (χ1n) is 7.62. The van der Waals surface area contributed by atoms with Gasteiger partial charge in [0, 0.05) is 22.2 Å². The Bertz CT molecular complexity index is 711. The molecule has 0 saturated carbocycles. The number of nitrogens with zero attached hydrogens (tertiary/aromatic N) is 2. The molecule has 0 fully saturated rings. The van der Waals surface area contributed by atoms with Crippen LogP contribution in [0.3, 0.4) is 0 Å². The number of nitrogens with one attached hydrogen (secondary N) is 1. The fourth-order valence-corrected chi connectivity index (χ4v) is 3.09. The summed E-state index contributed by atoms with van der Waals surface area (Å²) < 4.78 is 5.14. The SMILES string of the molecule is Cc1noc(C)c1CN(C)CC(=O)NC(C)c1ccc(Cl)cc1Cl. The minimum absolute atomic E-state index is 0.0808. The van der Waals surface area contributed by atoms with E-state index in [0.29, 0.717) is 16.6 Å². The van der Waals surface area contributed by atoms with E-state index in [1.807, 2.05) is 38.8 Å². The predicted octanol–water partition coefficient (Wildman–Crippen LogP) is 3.91. The van der Waals surface area contributed by atoms with Crippen molar-refractivity contribution >= 4 is 29.1 Å². The summed E-state index contributed by atoms with van der Waals surface area (Å²) in [4.78, 5) is 14.2. The van der Waals surface area contributed by atoms with Crippen LogP contribution in [-0.4, -0.2) is 29.6 Å². The second kappa shape index (κ2) is 8.01. The van der Waals surface area contributed by atoms with Gasteiger partial charge in [0.2, 0.25) is 5.91 Å². The summed E-state index contributed by atoms with van der Waals surface area (Å²) in [5.41, 5.74) is 2.70.